The molecule has 0 spiro atoms. The minimum atomic E-state index is -0.257. The topological polar surface area (TPSA) is 0 Å². The lowest BCUT2D eigenvalue weighted by Gasteiger charge is -2.35. The summed E-state index contributed by atoms with van der Waals surface area (Å²) in [6.07, 6.45) is 1.08. The van der Waals surface area contributed by atoms with Gasteiger partial charge in [-0.15, -0.1) is 11.8 Å². The van der Waals surface area contributed by atoms with E-state index in [1.54, 1.807) is 0 Å². The fourth-order valence-electron chi connectivity index (χ4n) is 3.83. The van der Waals surface area contributed by atoms with E-state index in [0.29, 0.717) is 0 Å². The zero-order chi connectivity index (χ0) is 19.9. The molecule has 4 aromatic rings. The lowest BCUT2D eigenvalue weighted by Crippen LogP contribution is -2.25. The van der Waals surface area contributed by atoms with Crippen molar-refractivity contribution < 1.29 is 0 Å². The van der Waals surface area contributed by atoms with Crippen LogP contribution in [0.4, 0.5) is 0 Å². The number of thioether (sulfide) groups is 1. The Kier molecular flexibility index (Phi) is 6.17. The molecule has 29 heavy (non-hydrogen) atoms. The summed E-state index contributed by atoms with van der Waals surface area (Å²) in [5.74, 6) is 0.947. The second-order valence-electron chi connectivity index (χ2n) is 7.24. The molecule has 0 fully saturated rings. The smallest absolute Gasteiger partial charge is 0.0910 e. The lowest BCUT2D eigenvalue weighted by atomic mass is 9.84. The first-order valence-electron chi connectivity index (χ1n) is 10.2. The molecule has 1 heteroatoms. The fourth-order valence-corrected chi connectivity index (χ4v) is 5.32. The zero-order valence-electron chi connectivity index (χ0n) is 16.8. The van der Waals surface area contributed by atoms with Crippen LogP contribution in [-0.2, 0) is 16.9 Å². The van der Waals surface area contributed by atoms with Crippen molar-refractivity contribution in [3.8, 4) is 0 Å². The Morgan fingerprint density at radius 1 is 0.517 bits per heavy atom. The molecule has 144 valence electrons. The van der Waals surface area contributed by atoms with Gasteiger partial charge in [0.15, 0.2) is 0 Å². The van der Waals surface area contributed by atoms with Crippen molar-refractivity contribution in [1.82, 2.24) is 0 Å². The highest BCUT2D eigenvalue weighted by Crippen LogP contribution is 2.49. The summed E-state index contributed by atoms with van der Waals surface area (Å²) >= 11 is 1.99. The van der Waals surface area contributed by atoms with Crippen molar-refractivity contribution in [3.63, 3.8) is 0 Å². The van der Waals surface area contributed by atoms with Crippen LogP contribution in [0.15, 0.2) is 115 Å². The largest absolute Gasteiger partial charge is 0.136 e. The predicted octanol–water partition coefficient (Wildman–Crippen LogP) is 7.47. The number of aryl methyl sites for hydroxylation is 1. The van der Waals surface area contributed by atoms with Gasteiger partial charge in [-0.1, -0.05) is 122 Å². The van der Waals surface area contributed by atoms with Gasteiger partial charge in [0.25, 0.3) is 0 Å². The SMILES string of the molecule is CCc1ccc(CSC(c2ccccc2)(c2ccccc2)c2ccccc2)cc1. The van der Waals surface area contributed by atoms with Crippen LogP contribution < -0.4 is 0 Å². The van der Waals surface area contributed by atoms with Gasteiger partial charge in [-0.05, 0) is 34.2 Å². The molecule has 0 bridgehead atoms. The highest BCUT2D eigenvalue weighted by Gasteiger charge is 2.36. The minimum Gasteiger partial charge on any atom is -0.136 e. The van der Waals surface area contributed by atoms with Gasteiger partial charge in [-0.2, -0.15) is 0 Å². The van der Waals surface area contributed by atoms with Gasteiger partial charge in [-0.25, -0.2) is 0 Å². The third-order valence-corrected chi connectivity index (χ3v) is 7.05. The van der Waals surface area contributed by atoms with Gasteiger partial charge in [0.2, 0.25) is 0 Å². The number of benzene rings is 4. The van der Waals surface area contributed by atoms with Gasteiger partial charge in [0.1, 0.15) is 0 Å². The summed E-state index contributed by atoms with van der Waals surface area (Å²) in [7, 11) is 0. The Balaban J connectivity index is 1.83. The highest BCUT2D eigenvalue weighted by molar-refractivity contribution is 7.99. The van der Waals surface area contributed by atoms with E-state index >= 15 is 0 Å². The Labute approximate surface area is 178 Å². The molecule has 0 amide bonds. The molecule has 4 rings (SSSR count). The zero-order valence-corrected chi connectivity index (χ0v) is 17.6. The molecule has 0 saturated heterocycles. The molecule has 0 aliphatic rings. The molecule has 0 nitrogen and oxygen atoms in total. The van der Waals surface area contributed by atoms with E-state index in [1.165, 1.54) is 27.8 Å². The number of hydrogen-bond acceptors (Lipinski definition) is 1. The molecule has 0 aliphatic heterocycles. The fraction of sp³-hybridized carbons (Fsp3) is 0.143. The Bertz CT molecular complexity index is 909. The molecule has 0 atom stereocenters. The van der Waals surface area contributed by atoms with E-state index in [1.807, 2.05) is 11.8 Å². The summed E-state index contributed by atoms with van der Waals surface area (Å²) in [6.45, 7) is 2.20. The Hall–Kier alpha value is -2.77. The summed E-state index contributed by atoms with van der Waals surface area (Å²) in [6, 6.07) is 41.8. The van der Waals surface area contributed by atoms with Crippen LogP contribution in [0, 0.1) is 0 Å². The Morgan fingerprint density at radius 2 is 0.897 bits per heavy atom. The molecule has 0 unspecified atom stereocenters. The third kappa shape index (κ3) is 4.16. The van der Waals surface area contributed by atoms with Crippen LogP contribution >= 0.6 is 11.8 Å². The first-order chi connectivity index (χ1) is 14.3. The van der Waals surface area contributed by atoms with Crippen molar-refractivity contribution in [2.75, 3.05) is 0 Å². The van der Waals surface area contributed by atoms with Crippen LogP contribution in [-0.4, -0.2) is 0 Å². The third-order valence-electron chi connectivity index (χ3n) is 5.43. The first-order valence-corrected chi connectivity index (χ1v) is 11.2. The summed E-state index contributed by atoms with van der Waals surface area (Å²) < 4.78 is -0.257. The molecule has 0 heterocycles. The molecule has 0 aliphatic carbocycles. The summed E-state index contributed by atoms with van der Waals surface area (Å²) in [4.78, 5) is 0. The van der Waals surface area contributed by atoms with E-state index in [4.69, 9.17) is 0 Å². The Morgan fingerprint density at radius 3 is 1.28 bits per heavy atom. The number of rotatable bonds is 7. The molecule has 0 radical (unpaired) electrons. The average molecular weight is 395 g/mol. The molecule has 4 aromatic carbocycles. The average Bonchev–Trinajstić information content (AvgIpc) is 2.82. The molecule has 0 N–H and O–H groups in total. The van der Waals surface area contributed by atoms with Gasteiger partial charge in [0.05, 0.1) is 4.75 Å². The first kappa shape index (κ1) is 19.5. The maximum atomic E-state index is 2.28. The minimum absolute atomic E-state index is 0.257. The van der Waals surface area contributed by atoms with Crippen molar-refractivity contribution in [2.24, 2.45) is 0 Å². The van der Waals surface area contributed by atoms with Crippen LogP contribution in [0.25, 0.3) is 0 Å². The van der Waals surface area contributed by atoms with Crippen LogP contribution in [0.1, 0.15) is 34.7 Å². The van der Waals surface area contributed by atoms with Crippen LogP contribution in [0.3, 0.4) is 0 Å². The monoisotopic (exact) mass is 394 g/mol. The highest BCUT2D eigenvalue weighted by atomic mass is 32.2. The van der Waals surface area contributed by atoms with Gasteiger partial charge >= 0.3 is 0 Å². The van der Waals surface area contributed by atoms with Crippen molar-refractivity contribution in [3.05, 3.63) is 143 Å². The second kappa shape index (κ2) is 9.15. The van der Waals surface area contributed by atoms with E-state index < -0.39 is 0 Å². The maximum absolute atomic E-state index is 2.28. The standard InChI is InChI=1S/C28H26S/c1-2-23-18-20-24(21-19-23)22-29-28(25-12-6-3-7-13-25,26-14-8-4-9-15-26)27-16-10-5-11-17-27/h3-21H,2,22H2,1H3. The van der Waals surface area contributed by atoms with Crippen molar-refractivity contribution >= 4 is 11.8 Å². The van der Waals surface area contributed by atoms with E-state index in [0.717, 1.165) is 12.2 Å². The number of hydrogen-bond donors (Lipinski definition) is 0. The van der Waals surface area contributed by atoms with Gasteiger partial charge in [0, 0.05) is 5.75 Å². The van der Waals surface area contributed by atoms with Gasteiger partial charge < -0.3 is 0 Å². The van der Waals surface area contributed by atoms with Gasteiger partial charge in [-0.3, -0.25) is 0 Å². The lowest BCUT2D eigenvalue weighted by molar-refractivity contribution is 0.893. The van der Waals surface area contributed by atoms with Crippen molar-refractivity contribution in [1.29, 1.82) is 0 Å². The van der Waals surface area contributed by atoms with E-state index in [2.05, 4.69) is 122 Å². The maximum Gasteiger partial charge on any atom is 0.0910 e. The van der Waals surface area contributed by atoms with E-state index in [9.17, 15) is 0 Å². The molecule has 0 saturated carbocycles. The van der Waals surface area contributed by atoms with Crippen molar-refractivity contribution in [2.45, 2.75) is 23.8 Å². The quantitative estimate of drug-likeness (QED) is 0.293. The summed E-state index contributed by atoms with van der Waals surface area (Å²) in [5, 5.41) is 0. The van der Waals surface area contributed by atoms with E-state index in [-0.39, 0.29) is 4.75 Å². The summed E-state index contributed by atoms with van der Waals surface area (Å²) in [5.41, 5.74) is 6.69. The molecular weight excluding hydrogens is 368 g/mol. The second-order valence-corrected chi connectivity index (χ2v) is 8.43. The van der Waals surface area contributed by atoms with Crippen LogP contribution in [0.5, 0.6) is 0 Å². The van der Waals surface area contributed by atoms with Crippen LogP contribution in [0.2, 0.25) is 0 Å². The molecule has 0 aromatic heterocycles. The predicted molar refractivity (Wildman–Crippen MR) is 126 cm³/mol. The molecular formula is C28H26S. The normalized spacial score (nSPS) is 11.3.